The summed E-state index contributed by atoms with van der Waals surface area (Å²) in [6, 6.07) is 17.1. The zero-order valence-electron chi connectivity index (χ0n) is 14.5. The first-order valence-corrected chi connectivity index (χ1v) is 8.78. The Morgan fingerprint density at radius 1 is 1.00 bits per heavy atom. The first kappa shape index (κ1) is 17.9. The van der Waals surface area contributed by atoms with Gasteiger partial charge < -0.3 is 10.4 Å². The molecule has 2 aromatic carbocycles. The Kier molecular flexibility index (Phi) is 5.86. The lowest BCUT2D eigenvalue weighted by molar-refractivity contribution is 0.0910. The first-order chi connectivity index (χ1) is 12.6. The number of benzene rings is 2. The second-order valence-corrected chi connectivity index (χ2v) is 6.49. The number of nitrogens with one attached hydrogen (secondary N) is 2. The van der Waals surface area contributed by atoms with Crippen molar-refractivity contribution in [2.75, 3.05) is 18.4 Å². The largest absolute Gasteiger partial charge is 0.465 e. The molecule has 1 heterocycles. The number of likely N-dealkylation sites (tertiary alicyclic amines) is 1. The molecular weight excluding hydrogens is 330 g/mol. The van der Waals surface area contributed by atoms with Crippen molar-refractivity contribution >= 4 is 17.7 Å². The van der Waals surface area contributed by atoms with Crippen LogP contribution in [0.2, 0.25) is 0 Å². The minimum atomic E-state index is -1.18. The molecule has 0 saturated carbocycles. The van der Waals surface area contributed by atoms with Crippen molar-refractivity contribution in [3.05, 3.63) is 65.7 Å². The van der Waals surface area contributed by atoms with E-state index in [0.29, 0.717) is 11.3 Å². The third-order valence-corrected chi connectivity index (χ3v) is 4.59. The van der Waals surface area contributed by atoms with Crippen molar-refractivity contribution in [2.24, 2.45) is 0 Å². The van der Waals surface area contributed by atoms with Crippen molar-refractivity contribution in [3.63, 3.8) is 0 Å². The van der Waals surface area contributed by atoms with Gasteiger partial charge in [0.1, 0.15) is 0 Å². The highest BCUT2D eigenvalue weighted by Crippen LogP contribution is 2.18. The van der Waals surface area contributed by atoms with Crippen LogP contribution in [-0.2, 0) is 6.54 Å². The van der Waals surface area contributed by atoms with E-state index in [4.69, 9.17) is 5.11 Å². The van der Waals surface area contributed by atoms with Gasteiger partial charge in [0.15, 0.2) is 0 Å². The first-order valence-electron chi connectivity index (χ1n) is 8.78. The Bertz CT molecular complexity index is 756. The summed E-state index contributed by atoms with van der Waals surface area (Å²) in [6.07, 6.45) is 0.583. The molecule has 3 rings (SSSR count). The maximum absolute atomic E-state index is 12.5. The molecule has 26 heavy (non-hydrogen) atoms. The summed E-state index contributed by atoms with van der Waals surface area (Å²) < 4.78 is 0. The summed E-state index contributed by atoms with van der Waals surface area (Å²) in [7, 11) is 0. The van der Waals surface area contributed by atoms with Crippen LogP contribution in [0.1, 0.15) is 28.8 Å². The van der Waals surface area contributed by atoms with Gasteiger partial charge in [-0.1, -0.05) is 42.5 Å². The highest BCUT2D eigenvalue weighted by Gasteiger charge is 2.22. The lowest BCUT2D eigenvalue weighted by atomic mass is 10.0. The van der Waals surface area contributed by atoms with Crippen LogP contribution in [0.4, 0.5) is 10.5 Å². The van der Waals surface area contributed by atoms with Crippen molar-refractivity contribution in [2.45, 2.75) is 25.4 Å². The van der Waals surface area contributed by atoms with Crippen molar-refractivity contribution in [1.29, 1.82) is 0 Å². The SMILES string of the molecule is O=C(O)Nc1ccccc1C(=O)NC1CCN(Cc2ccccc2)CC1. The molecule has 1 saturated heterocycles. The Morgan fingerprint density at radius 3 is 2.35 bits per heavy atom. The zero-order chi connectivity index (χ0) is 18.4. The number of carboxylic acid groups (broad SMARTS) is 1. The molecular formula is C20H23N3O3. The van der Waals surface area contributed by atoms with E-state index in [1.807, 2.05) is 18.2 Å². The standard InChI is InChI=1S/C20H23N3O3/c24-19(17-8-4-5-9-18(17)22-20(25)26)21-16-10-12-23(13-11-16)14-15-6-2-1-3-7-15/h1-9,16,22H,10-14H2,(H,21,24)(H,25,26). The fourth-order valence-corrected chi connectivity index (χ4v) is 3.25. The van der Waals surface area contributed by atoms with Crippen LogP contribution in [0, 0.1) is 0 Å². The molecule has 3 N–H and O–H groups in total. The Hall–Kier alpha value is -2.86. The van der Waals surface area contributed by atoms with E-state index in [0.717, 1.165) is 32.5 Å². The number of para-hydroxylation sites is 1. The van der Waals surface area contributed by atoms with Crippen LogP contribution in [0.3, 0.4) is 0 Å². The number of nitrogens with zero attached hydrogens (tertiary/aromatic N) is 1. The summed E-state index contributed by atoms with van der Waals surface area (Å²) in [5.74, 6) is -0.240. The summed E-state index contributed by atoms with van der Waals surface area (Å²) in [5, 5.41) is 14.2. The molecule has 0 radical (unpaired) electrons. The van der Waals surface area contributed by atoms with Crippen molar-refractivity contribution in [1.82, 2.24) is 10.2 Å². The van der Waals surface area contributed by atoms with Gasteiger partial charge in [-0.3, -0.25) is 15.0 Å². The van der Waals surface area contributed by atoms with Gasteiger partial charge in [-0.25, -0.2) is 4.79 Å². The van der Waals surface area contributed by atoms with Crippen LogP contribution in [-0.4, -0.2) is 41.1 Å². The normalized spacial score (nSPS) is 15.4. The Morgan fingerprint density at radius 2 is 1.65 bits per heavy atom. The minimum absolute atomic E-state index is 0.104. The van der Waals surface area contributed by atoms with Crippen LogP contribution in [0.25, 0.3) is 0 Å². The average molecular weight is 353 g/mol. The number of hydrogen-bond donors (Lipinski definition) is 3. The maximum atomic E-state index is 12.5. The predicted molar refractivity (Wildman–Crippen MR) is 100 cm³/mol. The minimum Gasteiger partial charge on any atom is -0.465 e. The van der Waals surface area contributed by atoms with Crippen LogP contribution in [0.15, 0.2) is 54.6 Å². The smallest absolute Gasteiger partial charge is 0.409 e. The predicted octanol–water partition coefficient (Wildman–Crippen LogP) is 3.17. The summed E-state index contributed by atoms with van der Waals surface area (Å²) in [5.41, 5.74) is 1.95. The third kappa shape index (κ3) is 4.83. The van der Waals surface area contributed by atoms with Crippen molar-refractivity contribution in [3.8, 4) is 0 Å². The Balaban J connectivity index is 1.53. The molecule has 0 bridgehead atoms. The second kappa shape index (κ2) is 8.49. The van der Waals surface area contributed by atoms with Gasteiger partial charge >= 0.3 is 6.09 Å². The van der Waals surface area contributed by atoms with Gasteiger partial charge in [0.25, 0.3) is 5.91 Å². The molecule has 136 valence electrons. The fourth-order valence-electron chi connectivity index (χ4n) is 3.25. The molecule has 0 unspecified atom stereocenters. The lowest BCUT2D eigenvalue weighted by Gasteiger charge is -2.32. The van der Waals surface area contributed by atoms with Gasteiger partial charge in [0.05, 0.1) is 11.3 Å². The van der Waals surface area contributed by atoms with E-state index in [-0.39, 0.29) is 11.9 Å². The highest BCUT2D eigenvalue weighted by atomic mass is 16.4. The van der Waals surface area contributed by atoms with Crippen LogP contribution >= 0.6 is 0 Å². The fraction of sp³-hybridized carbons (Fsp3) is 0.300. The van der Waals surface area contributed by atoms with Crippen molar-refractivity contribution < 1.29 is 14.7 Å². The van der Waals surface area contributed by atoms with E-state index in [2.05, 4.69) is 27.7 Å². The molecule has 1 aliphatic heterocycles. The second-order valence-electron chi connectivity index (χ2n) is 6.49. The van der Waals surface area contributed by atoms with Gasteiger partial charge in [0, 0.05) is 25.7 Å². The number of amides is 2. The molecule has 2 amide bonds. The quantitative estimate of drug-likeness (QED) is 0.771. The van der Waals surface area contributed by atoms with Crippen LogP contribution in [0.5, 0.6) is 0 Å². The lowest BCUT2D eigenvalue weighted by Crippen LogP contribution is -2.44. The van der Waals surface area contributed by atoms with E-state index in [1.54, 1.807) is 24.3 Å². The number of carbonyl (C=O) groups excluding carboxylic acids is 1. The summed E-state index contributed by atoms with van der Waals surface area (Å²) in [6.45, 7) is 2.77. The van der Waals surface area contributed by atoms with Gasteiger partial charge in [0.2, 0.25) is 0 Å². The summed E-state index contributed by atoms with van der Waals surface area (Å²) in [4.78, 5) is 25.8. The number of hydrogen-bond acceptors (Lipinski definition) is 3. The highest BCUT2D eigenvalue weighted by molar-refractivity contribution is 6.02. The maximum Gasteiger partial charge on any atom is 0.409 e. The van der Waals surface area contributed by atoms with E-state index >= 15 is 0 Å². The van der Waals surface area contributed by atoms with Gasteiger partial charge in [-0.15, -0.1) is 0 Å². The number of anilines is 1. The van der Waals surface area contributed by atoms with E-state index < -0.39 is 6.09 Å². The topological polar surface area (TPSA) is 81.7 Å². The van der Waals surface area contributed by atoms with E-state index in [1.165, 1.54) is 5.56 Å². The third-order valence-electron chi connectivity index (χ3n) is 4.59. The molecule has 0 aromatic heterocycles. The molecule has 1 fully saturated rings. The molecule has 6 nitrogen and oxygen atoms in total. The molecule has 6 heteroatoms. The van der Waals surface area contributed by atoms with Gasteiger partial charge in [-0.05, 0) is 30.5 Å². The molecule has 1 aliphatic rings. The number of carbonyl (C=O) groups is 2. The monoisotopic (exact) mass is 353 g/mol. The molecule has 0 aliphatic carbocycles. The molecule has 2 aromatic rings. The zero-order valence-corrected chi connectivity index (χ0v) is 14.5. The number of rotatable bonds is 5. The van der Waals surface area contributed by atoms with Crippen LogP contribution < -0.4 is 10.6 Å². The van der Waals surface area contributed by atoms with Gasteiger partial charge in [-0.2, -0.15) is 0 Å². The Labute approximate surface area is 152 Å². The average Bonchev–Trinajstić information content (AvgIpc) is 2.64. The summed E-state index contributed by atoms with van der Waals surface area (Å²) >= 11 is 0. The molecule has 0 atom stereocenters. The molecule has 0 spiro atoms. The van der Waals surface area contributed by atoms with E-state index in [9.17, 15) is 9.59 Å². The number of piperidine rings is 1.